The van der Waals surface area contributed by atoms with Crippen molar-refractivity contribution in [3.8, 4) is 0 Å². The molecular formula is C8H14. The third kappa shape index (κ3) is 0.795. The molecule has 0 aliphatic heterocycles. The van der Waals surface area contributed by atoms with Gasteiger partial charge in [0.25, 0.3) is 0 Å². The summed E-state index contributed by atoms with van der Waals surface area (Å²) in [6.45, 7) is 4.52. The van der Waals surface area contributed by atoms with E-state index >= 15 is 0 Å². The standard InChI is InChI=1S/C8H14/c1-3-7-5-6-8(7)4-2/h5-8H,3-4H2,1-2H3. The molecule has 1 aliphatic rings. The Labute approximate surface area is 51.6 Å². The van der Waals surface area contributed by atoms with Crippen molar-refractivity contribution in [1.82, 2.24) is 0 Å². The van der Waals surface area contributed by atoms with Crippen molar-refractivity contribution in [3.63, 3.8) is 0 Å². The SMILES string of the molecule is CCC1C=CC1CC. The highest BCUT2D eigenvalue weighted by Crippen LogP contribution is 2.30. The van der Waals surface area contributed by atoms with Crippen LogP contribution in [-0.2, 0) is 0 Å². The van der Waals surface area contributed by atoms with Gasteiger partial charge in [0.15, 0.2) is 0 Å². The molecule has 0 radical (unpaired) electrons. The Morgan fingerprint density at radius 1 is 1.00 bits per heavy atom. The van der Waals surface area contributed by atoms with E-state index in [9.17, 15) is 0 Å². The van der Waals surface area contributed by atoms with Crippen molar-refractivity contribution < 1.29 is 0 Å². The molecule has 2 atom stereocenters. The van der Waals surface area contributed by atoms with E-state index in [4.69, 9.17) is 0 Å². The van der Waals surface area contributed by atoms with E-state index in [0.29, 0.717) is 0 Å². The molecule has 0 spiro atoms. The topological polar surface area (TPSA) is 0 Å². The molecule has 0 saturated heterocycles. The first kappa shape index (κ1) is 5.87. The number of hydrogen-bond acceptors (Lipinski definition) is 0. The monoisotopic (exact) mass is 110 g/mol. The molecule has 0 amide bonds. The fraction of sp³-hybridized carbons (Fsp3) is 0.750. The van der Waals surface area contributed by atoms with Gasteiger partial charge in [-0.05, 0) is 24.7 Å². The van der Waals surface area contributed by atoms with E-state index in [0.717, 1.165) is 11.8 Å². The second-order valence-corrected chi connectivity index (χ2v) is 2.53. The summed E-state index contributed by atoms with van der Waals surface area (Å²) in [5.41, 5.74) is 0. The van der Waals surface area contributed by atoms with Crippen LogP contribution in [0.5, 0.6) is 0 Å². The van der Waals surface area contributed by atoms with Crippen LogP contribution < -0.4 is 0 Å². The van der Waals surface area contributed by atoms with E-state index in [1.807, 2.05) is 0 Å². The maximum Gasteiger partial charge on any atom is -0.0173 e. The largest absolute Gasteiger partial charge is 0.0845 e. The Morgan fingerprint density at radius 2 is 1.38 bits per heavy atom. The lowest BCUT2D eigenvalue weighted by Crippen LogP contribution is -2.16. The molecule has 0 aromatic heterocycles. The van der Waals surface area contributed by atoms with Crippen LogP contribution in [-0.4, -0.2) is 0 Å². The third-order valence-electron chi connectivity index (χ3n) is 2.10. The summed E-state index contributed by atoms with van der Waals surface area (Å²) in [5, 5.41) is 0. The molecule has 0 N–H and O–H groups in total. The molecule has 1 aliphatic carbocycles. The molecule has 0 nitrogen and oxygen atoms in total. The van der Waals surface area contributed by atoms with Crippen LogP contribution in [0.2, 0.25) is 0 Å². The van der Waals surface area contributed by atoms with Gasteiger partial charge in [-0.2, -0.15) is 0 Å². The quantitative estimate of drug-likeness (QED) is 0.479. The minimum atomic E-state index is 0.917. The van der Waals surface area contributed by atoms with Gasteiger partial charge in [0.1, 0.15) is 0 Å². The summed E-state index contributed by atoms with van der Waals surface area (Å²) >= 11 is 0. The second kappa shape index (κ2) is 2.34. The summed E-state index contributed by atoms with van der Waals surface area (Å²) in [5.74, 6) is 1.83. The highest BCUT2D eigenvalue weighted by atomic mass is 14.2. The first-order chi connectivity index (χ1) is 3.88. The van der Waals surface area contributed by atoms with E-state index < -0.39 is 0 Å². The zero-order chi connectivity index (χ0) is 5.98. The van der Waals surface area contributed by atoms with E-state index in [1.165, 1.54) is 12.8 Å². The molecule has 0 aromatic rings. The average molecular weight is 110 g/mol. The van der Waals surface area contributed by atoms with Gasteiger partial charge >= 0.3 is 0 Å². The van der Waals surface area contributed by atoms with Crippen LogP contribution in [0.15, 0.2) is 12.2 Å². The summed E-state index contributed by atoms with van der Waals surface area (Å²) in [4.78, 5) is 0. The average Bonchev–Trinajstić information content (AvgIpc) is 1.66. The molecular weight excluding hydrogens is 96.1 g/mol. The van der Waals surface area contributed by atoms with Gasteiger partial charge in [0.05, 0.1) is 0 Å². The maximum absolute atomic E-state index is 2.33. The van der Waals surface area contributed by atoms with Crippen LogP contribution in [0.1, 0.15) is 26.7 Å². The summed E-state index contributed by atoms with van der Waals surface area (Å²) in [6, 6.07) is 0. The normalized spacial score (nSPS) is 34.8. The molecule has 8 heavy (non-hydrogen) atoms. The van der Waals surface area contributed by atoms with E-state index in [1.54, 1.807) is 0 Å². The molecule has 0 bridgehead atoms. The molecule has 1 rings (SSSR count). The van der Waals surface area contributed by atoms with Gasteiger partial charge in [0.2, 0.25) is 0 Å². The summed E-state index contributed by atoms with van der Waals surface area (Å²) < 4.78 is 0. The van der Waals surface area contributed by atoms with Crippen molar-refractivity contribution in [2.45, 2.75) is 26.7 Å². The van der Waals surface area contributed by atoms with Crippen LogP contribution in [0, 0.1) is 11.8 Å². The lowest BCUT2D eigenvalue weighted by atomic mass is 9.79. The van der Waals surface area contributed by atoms with Crippen molar-refractivity contribution in [2.24, 2.45) is 11.8 Å². The molecule has 0 fully saturated rings. The van der Waals surface area contributed by atoms with Crippen molar-refractivity contribution >= 4 is 0 Å². The number of hydrogen-bond donors (Lipinski definition) is 0. The molecule has 0 heterocycles. The Kier molecular flexibility index (Phi) is 1.72. The highest BCUT2D eigenvalue weighted by Gasteiger charge is 2.19. The lowest BCUT2D eigenvalue weighted by Gasteiger charge is -2.26. The Bertz CT molecular complexity index is 80.2. The predicted octanol–water partition coefficient (Wildman–Crippen LogP) is 2.61. The highest BCUT2D eigenvalue weighted by molar-refractivity contribution is 5.07. The molecule has 0 aromatic carbocycles. The predicted molar refractivity (Wildman–Crippen MR) is 36.7 cm³/mol. The van der Waals surface area contributed by atoms with Gasteiger partial charge < -0.3 is 0 Å². The number of allylic oxidation sites excluding steroid dienone is 2. The Hall–Kier alpha value is -0.260. The van der Waals surface area contributed by atoms with Gasteiger partial charge in [-0.25, -0.2) is 0 Å². The maximum atomic E-state index is 2.33. The first-order valence-corrected chi connectivity index (χ1v) is 3.56. The Balaban J connectivity index is 2.30. The van der Waals surface area contributed by atoms with Gasteiger partial charge in [0, 0.05) is 0 Å². The van der Waals surface area contributed by atoms with Crippen LogP contribution in [0.4, 0.5) is 0 Å². The van der Waals surface area contributed by atoms with Gasteiger partial charge in [-0.3, -0.25) is 0 Å². The van der Waals surface area contributed by atoms with Crippen LogP contribution in [0.3, 0.4) is 0 Å². The van der Waals surface area contributed by atoms with E-state index in [2.05, 4.69) is 26.0 Å². The van der Waals surface area contributed by atoms with Crippen LogP contribution >= 0.6 is 0 Å². The molecule has 0 saturated carbocycles. The summed E-state index contributed by atoms with van der Waals surface area (Å²) in [7, 11) is 0. The Morgan fingerprint density at radius 3 is 1.50 bits per heavy atom. The van der Waals surface area contributed by atoms with E-state index in [-0.39, 0.29) is 0 Å². The van der Waals surface area contributed by atoms with Crippen molar-refractivity contribution in [2.75, 3.05) is 0 Å². The zero-order valence-electron chi connectivity index (χ0n) is 5.72. The fourth-order valence-corrected chi connectivity index (χ4v) is 1.30. The zero-order valence-corrected chi connectivity index (χ0v) is 5.72. The summed E-state index contributed by atoms with van der Waals surface area (Å²) in [6.07, 6.45) is 7.31. The first-order valence-electron chi connectivity index (χ1n) is 3.56. The molecule has 46 valence electrons. The minimum Gasteiger partial charge on any atom is -0.0845 e. The molecule has 2 unspecified atom stereocenters. The van der Waals surface area contributed by atoms with Gasteiger partial charge in [-0.1, -0.05) is 26.0 Å². The molecule has 0 heteroatoms. The fourth-order valence-electron chi connectivity index (χ4n) is 1.30. The van der Waals surface area contributed by atoms with Crippen molar-refractivity contribution in [3.05, 3.63) is 12.2 Å². The smallest absolute Gasteiger partial charge is 0.0173 e. The lowest BCUT2D eigenvalue weighted by molar-refractivity contribution is 0.403. The van der Waals surface area contributed by atoms with Crippen molar-refractivity contribution in [1.29, 1.82) is 0 Å². The van der Waals surface area contributed by atoms with Gasteiger partial charge in [-0.15, -0.1) is 0 Å². The van der Waals surface area contributed by atoms with Crippen LogP contribution in [0.25, 0.3) is 0 Å². The second-order valence-electron chi connectivity index (χ2n) is 2.53. The number of rotatable bonds is 2. The third-order valence-corrected chi connectivity index (χ3v) is 2.10. The minimum absolute atomic E-state index is 0.917.